The molecule has 1 N–H and O–H groups in total. The zero-order valence-electron chi connectivity index (χ0n) is 21.4. The number of nitrogens with zero attached hydrogens (tertiary/aromatic N) is 6. The van der Waals surface area contributed by atoms with Gasteiger partial charge in [0, 0.05) is 37.0 Å². The number of rotatable bonds is 8. The van der Waals surface area contributed by atoms with Gasteiger partial charge in [0.05, 0.1) is 35.1 Å². The van der Waals surface area contributed by atoms with E-state index in [9.17, 15) is 14.4 Å². The summed E-state index contributed by atoms with van der Waals surface area (Å²) in [5.41, 5.74) is 2.34. The maximum Gasteiger partial charge on any atom is 0.227 e. The van der Waals surface area contributed by atoms with Gasteiger partial charge in [-0.3, -0.25) is 9.48 Å². The molecule has 3 heterocycles. The largest absolute Gasteiger partial charge is 0.489 e. The van der Waals surface area contributed by atoms with E-state index in [0.717, 1.165) is 62.9 Å². The number of carbonyl (C=O) groups excluding carboxylic acids is 1. The van der Waals surface area contributed by atoms with Crippen LogP contribution in [0.25, 0.3) is 11.3 Å². The molecule has 0 unspecified atom stereocenters. The first-order valence-corrected chi connectivity index (χ1v) is 13.2. The van der Waals surface area contributed by atoms with Crippen molar-refractivity contribution in [2.75, 3.05) is 25.0 Å². The van der Waals surface area contributed by atoms with Crippen LogP contribution in [0.2, 0.25) is 0 Å². The summed E-state index contributed by atoms with van der Waals surface area (Å²) >= 11 is 0. The molecule has 3 aliphatic rings. The first kappa shape index (κ1) is 24.3. The van der Waals surface area contributed by atoms with Crippen LogP contribution in [0.5, 0.6) is 5.75 Å². The summed E-state index contributed by atoms with van der Waals surface area (Å²) in [7, 11) is 0. The number of hydrogen-bond acceptors (Lipinski definition) is 7. The third-order valence-corrected chi connectivity index (χ3v) is 7.71. The third kappa shape index (κ3) is 5.05. The fourth-order valence-electron chi connectivity index (χ4n) is 4.89. The normalized spacial score (nSPS) is 18.6. The van der Waals surface area contributed by atoms with Crippen molar-refractivity contribution < 1.29 is 13.9 Å². The molecule has 1 aromatic carbocycles. The first-order chi connectivity index (χ1) is 18.4. The van der Waals surface area contributed by atoms with E-state index in [1.807, 2.05) is 22.7 Å². The predicted octanol–water partition coefficient (Wildman–Crippen LogP) is 4.79. The molecule has 3 aromatic rings. The maximum absolute atomic E-state index is 14.8. The number of halogens is 1. The van der Waals surface area contributed by atoms with E-state index in [1.54, 1.807) is 24.5 Å². The van der Waals surface area contributed by atoms with Gasteiger partial charge < -0.3 is 15.0 Å². The lowest BCUT2D eigenvalue weighted by Crippen LogP contribution is -2.39. The van der Waals surface area contributed by atoms with Gasteiger partial charge in [0.2, 0.25) is 11.9 Å². The van der Waals surface area contributed by atoms with Crippen molar-refractivity contribution in [1.82, 2.24) is 24.6 Å². The quantitative estimate of drug-likeness (QED) is 0.460. The number of aromatic nitrogens is 4. The summed E-state index contributed by atoms with van der Waals surface area (Å²) in [4.78, 5) is 23.3. The molecule has 9 nitrogen and oxygen atoms in total. The van der Waals surface area contributed by atoms with Crippen LogP contribution in [-0.2, 0) is 4.79 Å². The second-order valence-corrected chi connectivity index (χ2v) is 10.7. The van der Waals surface area contributed by atoms with E-state index in [4.69, 9.17) is 4.74 Å². The van der Waals surface area contributed by atoms with Crippen molar-refractivity contribution in [3.05, 3.63) is 48.2 Å². The fraction of sp³-hybridized carbons (Fsp3) is 0.464. The molecule has 0 spiro atoms. The highest BCUT2D eigenvalue weighted by molar-refractivity contribution is 5.81. The van der Waals surface area contributed by atoms with E-state index < -0.39 is 11.2 Å². The molecular weight excluding hydrogens is 485 g/mol. The number of anilines is 2. The summed E-state index contributed by atoms with van der Waals surface area (Å²) in [5.74, 6) is 0.607. The smallest absolute Gasteiger partial charge is 0.227 e. The summed E-state index contributed by atoms with van der Waals surface area (Å²) < 4.78 is 22.3. The lowest BCUT2D eigenvalue weighted by Gasteiger charge is -2.32. The number of aryl methyl sites for hydroxylation is 1. The Morgan fingerprint density at radius 2 is 2.03 bits per heavy atom. The second kappa shape index (κ2) is 9.71. The summed E-state index contributed by atoms with van der Waals surface area (Å²) in [6.07, 6.45) is 10.8. The average Bonchev–Trinajstić information content (AvgIpc) is 3.87. The SMILES string of the molecule is Cc1cnc(Nc2cnn(C3CCN(C(=O)C4CC4)CC3)c2)nc1-c1ccc(OCC2(C#N)CC2)c(F)c1. The van der Waals surface area contributed by atoms with Crippen LogP contribution in [0.4, 0.5) is 16.0 Å². The van der Waals surface area contributed by atoms with E-state index in [1.165, 1.54) is 6.07 Å². The molecule has 1 amide bonds. The zero-order chi connectivity index (χ0) is 26.3. The molecule has 6 rings (SSSR count). The Balaban J connectivity index is 1.11. The predicted molar refractivity (Wildman–Crippen MR) is 138 cm³/mol. The van der Waals surface area contributed by atoms with Gasteiger partial charge in [0.25, 0.3) is 0 Å². The van der Waals surface area contributed by atoms with E-state index in [2.05, 4.69) is 26.5 Å². The molecule has 2 saturated carbocycles. The molecule has 0 atom stereocenters. The van der Waals surface area contributed by atoms with Crippen LogP contribution >= 0.6 is 0 Å². The van der Waals surface area contributed by atoms with Gasteiger partial charge in [0.1, 0.15) is 6.61 Å². The molecule has 0 bridgehead atoms. The van der Waals surface area contributed by atoms with Crippen LogP contribution in [0.3, 0.4) is 0 Å². The van der Waals surface area contributed by atoms with Crippen molar-refractivity contribution in [1.29, 1.82) is 5.26 Å². The number of piperidine rings is 1. The van der Waals surface area contributed by atoms with Gasteiger partial charge in [-0.15, -0.1) is 0 Å². The number of likely N-dealkylation sites (tertiary alicyclic amines) is 1. The van der Waals surface area contributed by atoms with E-state index in [0.29, 0.717) is 23.1 Å². The minimum absolute atomic E-state index is 0.135. The Morgan fingerprint density at radius 1 is 1.24 bits per heavy atom. The molecule has 10 heteroatoms. The van der Waals surface area contributed by atoms with Crippen LogP contribution in [0.1, 0.15) is 50.1 Å². The maximum atomic E-state index is 14.8. The van der Waals surface area contributed by atoms with E-state index in [-0.39, 0.29) is 24.3 Å². The Kier molecular flexibility index (Phi) is 6.22. The lowest BCUT2D eigenvalue weighted by atomic mass is 10.0. The Hall–Kier alpha value is -4.00. The average molecular weight is 516 g/mol. The van der Waals surface area contributed by atoms with Crippen molar-refractivity contribution in [2.24, 2.45) is 11.3 Å². The molecule has 2 aromatic heterocycles. The van der Waals surface area contributed by atoms with Gasteiger partial charge in [-0.1, -0.05) is 0 Å². The molecular formula is C28H30FN7O2. The van der Waals surface area contributed by atoms with Crippen LogP contribution in [0, 0.1) is 35.4 Å². The Morgan fingerprint density at radius 3 is 2.71 bits per heavy atom. The molecule has 0 radical (unpaired) electrons. The highest BCUT2D eigenvalue weighted by atomic mass is 19.1. The zero-order valence-corrected chi connectivity index (χ0v) is 21.4. The van der Waals surface area contributed by atoms with Crippen LogP contribution in [-0.4, -0.2) is 50.3 Å². The molecule has 196 valence electrons. The highest BCUT2D eigenvalue weighted by Gasteiger charge is 2.44. The number of carbonyl (C=O) groups is 1. The number of nitrogens with one attached hydrogen (secondary N) is 1. The number of benzene rings is 1. The fourth-order valence-corrected chi connectivity index (χ4v) is 4.89. The number of nitriles is 1. The number of ether oxygens (including phenoxy) is 1. The summed E-state index contributed by atoms with van der Waals surface area (Å²) in [6.45, 7) is 3.62. The molecule has 1 saturated heterocycles. The van der Waals surface area contributed by atoms with Crippen LogP contribution in [0.15, 0.2) is 36.8 Å². The van der Waals surface area contributed by atoms with Gasteiger partial charge in [-0.25, -0.2) is 14.4 Å². The Labute approximate surface area is 220 Å². The standard InChI is InChI=1S/C28H30FN7O2/c1-18-13-31-27(34-25(18)20-4-5-24(23(29)12-20)38-17-28(16-30)8-9-28)33-21-14-32-36(15-21)22-6-10-35(11-7-22)26(37)19-2-3-19/h4-5,12-15,19,22H,2-3,6-11,17H2,1H3,(H,31,33,34). The van der Waals surface area contributed by atoms with Crippen molar-refractivity contribution >= 4 is 17.5 Å². The van der Waals surface area contributed by atoms with Crippen LogP contribution < -0.4 is 10.1 Å². The highest BCUT2D eigenvalue weighted by Crippen LogP contribution is 2.45. The van der Waals surface area contributed by atoms with Crippen molar-refractivity contribution in [3.63, 3.8) is 0 Å². The minimum atomic E-state index is -0.491. The summed E-state index contributed by atoms with van der Waals surface area (Å²) in [5, 5.41) is 16.9. The van der Waals surface area contributed by atoms with Gasteiger partial charge in [-0.2, -0.15) is 10.4 Å². The third-order valence-electron chi connectivity index (χ3n) is 7.71. The lowest BCUT2D eigenvalue weighted by molar-refractivity contribution is -0.133. The molecule has 3 fully saturated rings. The molecule has 38 heavy (non-hydrogen) atoms. The topological polar surface area (TPSA) is 109 Å². The number of amides is 1. The number of hydrogen-bond donors (Lipinski definition) is 1. The van der Waals surface area contributed by atoms with E-state index >= 15 is 0 Å². The van der Waals surface area contributed by atoms with Crippen molar-refractivity contribution in [3.8, 4) is 23.1 Å². The monoisotopic (exact) mass is 515 g/mol. The molecule has 1 aliphatic heterocycles. The second-order valence-electron chi connectivity index (χ2n) is 10.7. The van der Waals surface area contributed by atoms with Gasteiger partial charge in [-0.05, 0) is 69.2 Å². The minimum Gasteiger partial charge on any atom is -0.489 e. The van der Waals surface area contributed by atoms with Gasteiger partial charge in [0.15, 0.2) is 11.6 Å². The Bertz CT molecular complexity index is 1400. The first-order valence-electron chi connectivity index (χ1n) is 13.2. The summed E-state index contributed by atoms with van der Waals surface area (Å²) in [6, 6.07) is 7.25. The van der Waals surface area contributed by atoms with Gasteiger partial charge >= 0.3 is 0 Å². The van der Waals surface area contributed by atoms with Crippen molar-refractivity contribution in [2.45, 2.75) is 51.5 Å². The molecule has 2 aliphatic carbocycles.